The third-order valence-electron chi connectivity index (χ3n) is 4.29. The zero-order chi connectivity index (χ0) is 19.5. The van der Waals surface area contributed by atoms with Crippen molar-refractivity contribution >= 4 is 23.5 Å². The maximum Gasteiger partial charge on any atom is 0.263 e. The van der Waals surface area contributed by atoms with Gasteiger partial charge in [-0.2, -0.15) is 16.9 Å². The first kappa shape index (κ1) is 18.4. The van der Waals surface area contributed by atoms with Gasteiger partial charge in [0, 0.05) is 23.1 Å². The summed E-state index contributed by atoms with van der Waals surface area (Å²) in [7, 11) is 1.57. The van der Waals surface area contributed by atoms with Crippen LogP contribution in [0.1, 0.15) is 11.3 Å². The van der Waals surface area contributed by atoms with Crippen LogP contribution in [0.3, 0.4) is 0 Å². The van der Waals surface area contributed by atoms with E-state index in [0.717, 1.165) is 22.8 Å². The molecule has 0 aliphatic carbocycles. The maximum atomic E-state index is 13.3. The molecule has 2 heterocycles. The number of halogens is 1. The zero-order valence-electron chi connectivity index (χ0n) is 15.1. The number of anilines is 1. The number of methoxy groups -OCH3 is 1. The molecular formula is C20H18FN3O3S. The lowest BCUT2D eigenvalue weighted by Gasteiger charge is -2.12. The fraction of sp³-hybridized carbons (Fsp3) is 0.200. The van der Waals surface area contributed by atoms with Crippen LogP contribution >= 0.6 is 11.8 Å². The van der Waals surface area contributed by atoms with Crippen molar-refractivity contribution in [2.24, 2.45) is 0 Å². The Kier molecular flexibility index (Phi) is 5.21. The summed E-state index contributed by atoms with van der Waals surface area (Å²) in [5, 5.41) is 7.49. The molecule has 0 spiro atoms. The Bertz CT molecular complexity index is 1000. The second kappa shape index (κ2) is 7.93. The Morgan fingerprint density at radius 3 is 2.79 bits per heavy atom. The van der Waals surface area contributed by atoms with Gasteiger partial charge < -0.3 is 14.8 Å². The summed E-state index contributed by atoms with van der Waals surface area (Å²) in [6, 6.07) is 13.1. The van der Waals surface area contributed by atoms with E-state index >= 15 is 0 Å². The van der Waals surface area contributed by atoms with Gasteiger partial charge in [0.2, 0.25) is 0 Å². The standard InChI is InChI=1S/C20H18FN3O3S/c1-26-15-3-2-4-16(9-15)27-10-19(25)22-20-17-11-28-12-18(17)23-24(20)14-7-5-13(21)6-8-14/h2-9H,10-12H2,1H3,(H,22,25). The average Bonchev–Trinajstić information content (AvgIpc) is 3.30. The SMILES string of the molecule is COc1cccc(OCC(=O)Nc2c3c(nn2-c2ccc(F)cc2)CSC3)c1. The second-order valence-electron chi connectivity index (χ2n) is 6.17. The first-order valence-corrected chi connectivity index (χ1v) is 9.80. The summed E-state index contributed by atoms with van der Waals surface area (Å²) >= 11 is 1.74. The van der Waals surface area contributed by atoms with E-state index in [1.165, 1.54) is 12.1 Å². The van der Waals surface area contributed by atoms with E-state index in [4.69, 9.17) is 9.47 Å². The first-order chi connectivity index (χ1) is 13.6. The van der Waals surface area contributed by atoms with Crippen LogP contribution in [0, 0.1) is 5.82 Å². The van der Waals surface area contributed by atoms with E-state index < -0.39 is 0 Å². The largest absolute Gasteiger partial charge is 0.497 e. The molecule has 1 amide bonds. The van der Waals surface area contributed by atoms with Crippen molar-refractivity contribution in [3.63, 3.8) is 0 Å². The highest BCUT2D eigenvalue weighted by Gasteiger charge is 2.24. The molecule has 1 aromatic heterocycles. The number of amides is 1. The number of thioether (sulfide) groups is 1. The molecule has 0 radical (unpaired) electrons. The third kappa shape index (κ3) is 3.82. The molecule has 6 nitrogen and oxygen atoms in total. The van der Waals surface area contributed by atoms with Gasteiger partial charge in [0.1, 0.15) is 23.1 Å². The molecule has 1 aliphatic heterocycles. The van der Waals surface area contributed by atoms with Crippen molar-refractivity contribution in [3.8, 4) is 17.2 Å². The fourth-order valence-electron chi connectivity index (χ4n) is 2.92. The fourth-order valence-corrected chi connectivity index (χ4v) is 3.95. The first-order valence-electron chi connectivity index (χ1n) is 8.65. The molecule has 4 rings (SSSR count). The van der Waals surface area contributed by atoms with Crippen LogP contribution in [0.4, 0.5) is 10.2 Å². The lowest BCUT2D eigenvalue weighted by Crippen LogP contribution is -2.22. The van der Waals surface area contributed by atoms with Crippen LogP contribution in [0.25, 0.3) is 5.69 Å². The minimum absolute atomic E-state index is 0.149. The summed E-state index contributed by atoms with van der Waals surface area (Å²) in [6.07, 6.45) is 0. The van der Waals surface area contributed by atoms with Gasteiger partial charge >= 0.3 is 0 Å². The molecule has 2 aromatic carbocycles. The van der Waals surface area contributed by atoms with Crippen molar-refractivity contribution in [2.75, 3.05) is 19.0 Å². The zero-order valence-corrected chi connectivity index (χ0v) is 16.0. The molecule has 0 atom stereocenters. The molecule has 8 heteroatoms. The average molecular weight is 399 g/mol. The number of carbonyl (C=O) groups is 1. The summed E-state index contributed by atoms with van der Waals surface area (Å²) in [5.41, 5.74) is 2.60. The van der Waals surface area contributed by atoms with Crippen molar-refractivity contribution in [2.45, 2.75) is 11.5 Å². The van der Waals surface area contributed by atoms with Crippen molar-refractivity contribution in [1.82, 2.24) is 9.78 Å². The molecular weight excluding hydrogens is 381 g/mol. The van der Waals surface area contributed by atoms with Gasteiger partial charge in [-0.15, -0.1) is 0 Å². The lowest BCUT2D eigenvalue weighted by molar-refractivity contribution is -0.118. The highest BCUT2D eigenvalue weighted by atomic mass is 32.2. The molecule has 0 saturated carbocycles. The smallest absolute Gasteiger partial charge is 0.263 e. The minimum Gasteiger partial charge on any atom is -0.497 e. The summed E-state index contributed by atoms with van der Waals surface area (Å²) in [5.74, 6) is 2.73. The van der Waals surface area contributed by atoms with Crippen LogP contribution in [-0.4, -0.2) is 29.4 Å². The Balaban J connectivity index is 1.52. The predicted molar refractivity (Wildman–Crippen MR) is 106 cm³/mol. The number of benzene rings is 2. The number of aromatic nitrogens is 2. The second-order valence-corrected chi connectivity index (χ2v) is 7.16. The van der Waals surface area contributed by atoms with E-state index in [1.807, 2.05) is 0 Å². The topological polar surface area (TPSA) is 65.4 Å². The molecule has 1 N–H and O–H groups in total. The van der Waals surface area contributed by atoms with Gasteiger partial charge in [0.15, 0.2) is 6.61 Å². The van der Waals surface area contributed by atoms with Crippen molar-refractivity contribution in [1.29, 1.82) is 0 Å². The molecule has 3 aromatic rings. The van der Waals surface area contributed by atoms with Gasteiger partial charge in [-0.05, 0) is 36.4 Å². The van der Waals surface area contributed by atoms with Crippen LogP contribution in [0.15, 0.2) is 48.5 Å². The number of nitrogens with one attached hydrogen (secondary N) is 1. The third-order valence-corrected chi connectivity index (χ3v) is 5.26. The number of ether oxygens (including phenoxy) is 2. The molecule has 0 saturated heterocycles. The Morgan fingerprint density at radius 1 is 1.21 bits per heavy atom. The lowest BCUT2D eigenvalue weighted by atomic mass is 10.2. The predicted octanol–water partition coefficient (Wildman–Crippen LogP) is 3.78. The van der Waals surface area contributed by atoms with Gasteiger partial charge in [-0.3, -0.25) is 4.79 Å². The molecule has 28 heavy (non-hydrogen) atoms. The normalized spacial score (nSPS) is 12.5. The van der Waals surface area contributed by atoms with Gasteiger partial charge in [-0.25, -0.2) is 9.07 Å². The van der Waals surface area contributed by atoms with E-state index in [9.17, 15) is 9.18 Å². The van der Waals surface area contributed by atoms with E-state index in [1.54, 1.807) is 60.0 Å². The Labute approximate surface area is 165 Å². The van der Waals surface area contributed by atoms with Crippen LogP contribution in [0.5, 0.6) is 11.5 Å². The monoisotopic (exact) mass is 399 g/mol. The van der Waals surface area contributed by atoms with Crippen LogP contribution in [-0.2, 0) is 16.3 Å². The number of rotatable bonds is 6. The van der Waals surface area contributed by atoms with E-state index in [0.29, 0.717) is 23.0 Å². The maximum absolute atomic E-state index is 13.3. The highest BCUT2D eigenvalue weighted by molar-refractivity contribution is 7.98. The molecule has 0 bridgehead atoms. The number of nitrogens with zero attached hydrogens (tertiary/aromatic N) is 2. The molecule has 144 valence electrons. The van der Waals surface area contributed by atoms with Gasteiger partial charge in [-0.1, -0.05) is 6.07 Å². The van der Waals surface area contributed by atoms with Crippen molar-refractivity contribution < 1.29 is 18.7 Å². The van der Waals surface area contributed by atoms with Crippen molar-refractivity contribution in [3.05, 3.63) is 65.6 Å². The van der Waals surface area contributed by atoms with Gasteiger partial charge in [0.25, 0.3) is 5.91 Å². The number of hydrogen-bond donors (Lipinski definition) is 1. The molecule has 1 aliphatic rings. The Hall–Kier alpha value is -3.00. The summed E-state index contributed by atoms with van der Waals surface area (Å²) in [4.78, 5) is 12.5. The van der Waals surface area contributed by atoms with E-state index in [-0.39, 0.29) is 18.3 Å². The quantitative estimate of drug-likeness (QED) is 0.683. The Morgan fingerprint density at radius 2 is 2.00 bits per heavy atom. The summed E-state index contributed by atoms with van der Waals surface area (Å²) < 4.78 is 25.6. The number of hydrogen-bond acceptors (Lipinski definition) is 5. The molecule has 0 fully saturated rings. The van der Waals surface area contributed by atoms with Crippen LogP contribution < -0.4 is 14.8 Å². The molecule has 0 unspecified atom stereocenters. The van der Waals surface area contributed by atoms with Crippen LogP contribution in [0.2, 0.25) is 0 Å². The highest BCUT2D eigenvalue weighted by Crippen LogP contribution is 2.36. The minimum atomic E-state index is -0.323. The van der Waals surface area contributed by atoms with E-state index in [2.05, 4.69) is 10.4 Å². The summed E-state index contributed by atoms with van der Waals surface area (Å²) in [6.45, 7) is -0.149. The number of carbonyl (C=O) groups excluding carboxylic acids is 1. The number of fused-ring (bicyclic) bond motifs is 1. The van der Waals surface area contributed by atoms with Gasteiger partial charge in [0.05, 0.1) is 18.5 Å².